The Bertz CT molecular complexity index is 608. The predicted molar refractivity (Wildman–Crippen MR) is 78.9 cm³/mol. The number of carbonyl (C=O) groups excluding carboxylic acids is 1. The van der Waals surface area contributed by atoms with Gasteiger partial charge in [-0.2, -0.15) is 5.10 Å². The molecule has 0 aliphatic carbocycles. The lowest BCUT2D eigenvalue weighted by molar-refractivity contribution is -0.119. The van der Waals surface area contributed by atoms with Gasteiger partial charge < -0.3 is 11.1 Å². The fourth-order valence-electron chi connectivity index (χ4n) is 1.66. The summed E-state index contributed by atoms with van der Waals surface area (Å²) in [5, 5.41) is 6.97. The van der Waals surface area contributed by atoms with E-state index in [1.54, 1.807) is 36.1 Å². The zero-order valence-corrected chi connectivity index (χ0v) is 12.3. The predicted octanol–water partition coefficient (Wildman–Crippen LogP) is 2.74. The third-order valence-corrected chi connectivity index (χ3v) is 3.28. The van der Waals surface area contributed by atoms with E-state index in [1.165, 1.54) is 0 Å². The van der Waals surface area contributed by atoms with E-state index in [-0.39, 0.29) is 5.91 Å². The summed E-state index contributed by atoms with van der Waals surface area (Å²) in [6.07, 6.45) is 3.41. The molecule has 0 saturated carbocycles. The van der Waals surface area contributed by atoms with Crippen LogP contribution in [0.5, 0.6) is 0 Å². The molecule has 2 rings (SSSR count). The normalized spacial score (nSPS) is 12.2. The van der Waals surface area contributed by atoms with Crippen LogP contribution >= 0.6 is 15.9 Å². The molecule has 1 atom stereocenters. The zero-order chi connectivity index (χ0) is 14.0. The average molecular weight is 323 g/mol. The summed E-state index contributed by atoms with van der Waals surface area (Å²) in [4.78, 5) is 12.2. The lowest BCUT2D eigenvalue weighted by atomic mass is 10.1. The monoisotopic (exact) mass is 322 g/mol. The summed E-state index contributed by atoms with van der Waals surface area (Å²) in [6.45, 7) is 3.71. The first-order valence-corrected chi connectivity index (χ1v) is 6.63. The van der Waals surface area contributed by atoms with E-state index in [2.05, 4.69) is 26.3 Å². The van der Waals surface area contributed by atoms with Crippen LogP contribution in [0.2, 0.25) is 0 Å². The third kappa shape index (κ3) is 3.14. The summed E-state index contributed by atoms with van der Waals surface area (Å²) in [7, 11) is 0. The fraction of sp³-hybridized carbons (Fsp3) is 0.231. The van der Waals surface area contributed by atoms with Crippen molar-refractivity contribution >= 4 is 33.2 Å². The highest BCUT2D eigenvalue weighted by atomic mass is 79.9. The van der Waals surface area contributed by atoms with Crippen molar-refractivity contribution in [3.63, 3.8) is 0 Å². The Morgan fingerprint density at radius 1 is 1.53 bits per heavy atom. The molecule has 100 valence electrons. The second-order valence-corrected chi connectivity index (χ2v) is 5.29. The number of rotatable bonds is 3. The van der Waals surface area contributed by atoms with Gasteiger partial charge in [-0.1, -0.05) is 6.07 Å². The number of aromatic nitrogens is 2. The van der Waals surface area contributed by atoms with Gasteiger partial charge in [0, 0.05) is 17.6 Å². The summed E-state index contributed by atoms with van der Waals surface area (Å²) < 4.78 is 2.44. The van der Waals surface area contributed by atoms with Crippen LogP contribution in [-0.2, 0) is 4.79 Å². The number of carbonyl (C=O) groups is 1. The number of nitrogens with two attached hydrogens (primary N) is 1. The summed E-state index contributed by atoms with van der Waals surface area (Å²) in [5.74, 6) is -0.135. The van der Waals surface area contributed by atoms with E-state index in [9.17, 15) is 4.79 Å². The highest BCUT2D eigenvalue weighted by Crippen LogP contribution is 2.20. The van der Waals surface area contributed by atoms with Crippen LogP contribution < -0.4 is 11.1 Å². The molecule has 0 bridgehead atoms. The minimum atomic E-state index is -0.396. The highest BCUT2D eigenvalue weighted by molar-refractivity contribution is 9.10. The van der Waals surface area contributed by atoms with Crippen molar-refractivity contribution in [3.05, 3.63) is 40.6 Å². The number of hydrogen-bond donors (Lipinski definition) is 2. The maximum absolute atomic E-state index is 12.2. The Kier molecular flexibility index (Phi) is 3.90. The molecule has 1 amide bonds. The highest BCUT2D eigenvalue weighted by Gasteiger charge is 2.16. The molecule has 2 aromatic rings. The number of nitrogens with one attached hydrogen (secondary N) is 1. The molecule has 0 aliphatic rings. The molecule has 6 heteroatoms. The molecule has 1 aromatic carbocycles. The first-order valence-electron chi connectivity index (χ1n) is 5.84. The van der Waals surface area contributed by atoms with Gasteiger partial charge in [0.15, 0.2) is 0 Å². The van der Waals surface area contributed by atoms with Gasteiger partial charge in [-0.05, 0) is 47.5 Å². The number of benzene rings is 1. The van der Waals surface area contributed by atoms with Gasteiger partial charge in [0.05, 0.1) is 10.7 Å². The van der Waals surface area contributed by atoms with E-state index in [1.807, 2.05) is 13.0 Å². The molecule has 0 aliphatic heterocycles. The third-order valence-electron chi connectivity index (χ3n) is 2.87. The largest absolute Gasteiger partial charge is 0.399 e. The quantitative estimate of drug-likeness (QED) is 0.853. The number of hydrogen-bond acceptors (Lipinski definition) is 3. The van der Waals surface area contributed by atoms with Crippen LogP contribution in [-0.4, -0.2) is 15.7 Å². The van der Waals surface area contributed by atoms with Crippen LogP contribution in [0, 0.1) is 6.92 Å². The number of anilines is 2. The number of halogens is 1. The van der Waals surface area contributed by atoms with Gasteiger partial charge in [0.2, 0.25) is 5.91 Å². The maximum atomic E-state index is 12.2. The number of nitrogens with zero attached hydrogens (tertiary/aromatic N) is 2. The maximum Gasteiger partial charge on any atom is 0.248 e. The molecule has 5 nitrogen and oxygen atoms in total. The van der Waals surface area contributed by atoms with Crippen molar-refractivity contribution in [2.45, 2.75) is 19.9 Å². The molecule has 1 aromatic heterocycles. The molecule has 0 saturated heterocycles. The van der Waals surface area contributed by atoms with E-state index >= 15 is 0 Å². The smallest absolute Gasteiger partial charge is 0.248 e. The summed E-state index contributed by atoms with van der Waals surface area (Å²) in [5.41, 5.74) is 8.03. The molecule has 0 fully saturated rings. The Hall–Kier alpha value is -1.82. The van der Waals surface area contributed by atoms with Gasteiger partial charge >= 0.3 is 0 Å². The average Bonchev–Trinajstić information content (AvgIpc) is 2.79. The number of nitrogen functional groups attached to an aromatic ring is 1. The summed E-state index contributed by atoms with van der Waals surface area (Å²) in [6, 6.07) is 5.03. The van der Waals surface area contributed by atoms with Gasteiger partial charge in [0.25, 0.3) is 0 Å². The molecule has 3 N–H and O–H groups in total. The minimum Gasteiger partial charge on any atom is -0.399 e. The van der Waals surface area contributed by atoms with Crippen molar-refractivity contribution in [2.75, 3.05) is 11.1 Å². The fourth-order valence-corrected chi connectivity index (χ4v) is 1.96. The Morgan fingerprint density at radius 2 is 2.26 bits per heavy atom. The first-order chi connectivity index (χ1) is 8.97. The van der Waals surface area contributed by atoms with Crippen LogP contribution in [0.25, 0.3) is 0 Å². The summed E-state index contributed by atoms with van der Waals surface area (Å²) >= 11 is 3.31. The van der Waals surface area contributed by atoms with Gasteiger partial charge in [-0.15, -0.1) is 0 Å². The number of amides is 1. The van der Waals surface area contributed by atoms with Crippen molar-refractivity contribution in [1.29, 1.82) is 0 Å². The molecular formula is C13H15BrN4O. The van der Waals surface area contributed by atoms with E-state index in [0.29, 0.717) is 5.69 Å². The Balaban J connectivity index is 2.14. The Labute approximate surface area is 119 Å². The van der Waals surface area contributed by atoms with Crippen LogP contribution in [0.1, 0.15) is 18.5 Å². The van der Waals surface area contributed by atoms with Crippen LogP contribution in [0.3, 0.4) is 0 Å². The SMILES string of the molecule is Cc1ccc(N)cc1NC(=O)C(C)n1cc(Br)cn1. The van der Waals surface area contributed by atoms with E-state index in [0.717, 1.165) is 15.7 Å². The van der Waals surface area contributed by atoms with Gasteiger partial charge in [-0.3, -0.25) is 9.48 Å². The van der Waals surface area contributed by atoms with Crippen LogP contribution in [0.4, 0.5) is 11.4 Å². The van der Waals surface area contributed by atoms with Crippen molar-refractivity contribution in [1.82, 2.24) is 9.78 Å². The lowest BCUT2D eigenvalue weighted by Crippen LogP contribution is -2.24. The number of aryl methyl sites for hydroxylation is 1. The molecule has 19 heavy (non-hydrogen) atoms. The van der Waals surface area contributed by atoms with Crippen LogP contribution in [0.15, 0.2) is 35.1 Å². The minimum absolute atomic E-state index is 0.135. The first kappa shape index (κ1) is 13.6. The van der Waals surface area contributed by atoms with Crippen molar-refractivity contribution in [3.8, 4) is 0 Å². The van der Waals surface area contributed by atoms with Gasteiger partial charge in [-0.25, -0.2) is 0 Å². The lowest BCUT2D eigenvalue weighted by Gasteiger charge is -2.14. The second-order valence-electron chi connectivity index (χ2n) is 4.38. The second kappa shape index (κ2) is 5.44. The van der Waals surface area contributed by atoms with Crippen molar-refractivity contribution in [2.24, 2.45) is 0 Å². The Morgan fingerprint density at radius 3 is 2.89 bits per heavy atom. The van der Waals surface area contributed by atoms with Crippen molar-refractivity contribution < 1.29 is 4.79 Å². The standard InChI is InChI=1S/C13H15BrN4O/c1-8-3-4-11(15)5-12(8)17-13(19)9(2)18-7-10(14)6-16-18/h3-7,9H,15H2,1-2H3,(H,17,19). The molecule has 0 radical (unpaired) electrons. The van der Waals surface area contributed by atoms with E-state index in [4.69, 9.17) is 5.73 Å². The topological polar surface area (TPSA) is 72.9 Å². The molecule has 1 unspecified atom stereocenters. The zero-order valence-electron chi connectivity index (χ0n) is 10.7. The molecular weight excluding hydrogens is 308 g/mol. The van der Waals surface area contributed by atoms with E-state index < -0.39 is 6.04 Å². The molecule has 0 spiro atoms. The molecule has 1 heterocycles. The van der Waals surface area contributed by atoms with Gasteiger partial charge in [0.1, 0.15) is 6.04 Å².